The summed E-state index contributed by atoms with van der Waals surface area (Å²) in [6.45, 7) is 5.77. The molecule has 4 unspecified atom stereocenters. The SMILES string of the molecule is C=CC1CC(/C=C/c2ccccc2)CC1COC(=O)C(C)OC(=O)Nc1cccc2ccccc12. The second-order valence-electron chi connectivity index (χ2n) is 8.99. The molecule has 1 amide bonds. The number of ether oxygens (including phenoxy) is 2. The molecular weight excluding hydrogens is 438 g/mol. The molecule has 1 aliphatic carbocycles. The van der Waals surface area contributed by atoms with Crippen molar-refractivity contribution in [2.45, 2.75) is 25.9 Å². The number of carbonyl (C=O) groups excluding carboxylic acids is 2. The summed E-state index contributed by atoms with van der Waals surface area (Å²) in [5.74, 6) is 0.323. The first-order valence-electron chi connectivity index (χ1n) is 12.0. The van der Waals surface area contributed by atoms with Crippen LogP contribution in [0.5, 0.6) is 0 Å². The van der Waals surface area contributed by atoms with Gasteiger partial charge in [-0.2, -0.15) is 0 Å². The Morgan fingerprint density at radius 3 is 2.57 bits per heavy atom. The van der Waals surface area contributed by atoms with Crippen LogP contribution in [0.3, 0.4) is 0 Å². The van der Waals surface area contributed by atoms with Crippen LogP contribution in [0.15, 0.2) is 91.5 Å². The maximum Gasteiger partial charge on any atom is 0.412 e. The Kier molecular flexibility index (Phi) is 7.99. The molecule has 4 atom stereocenters. The van der Waals surface area contributed by atoms with Crippen molar-refractivity contribution in [1.29, 1.82) is 0 Å². The molecule has 1 fully saturated rings. The monoisotopic (exact) mass is 469 g/mol. The van der Waals surface area contributed by atoms with Crippen LogP contribution in [-0.4, -0.2) is 24.8 Å². The topological polar surface area (TPSA) is 64.6 Å². The van der Waals surface area contributed by atoms with E-state index in [1.54, 1.807) is 6.07 Å². The van der Waals surface area contributed by atoms with E-state index in [0.29, 0.717) is 11.6 Å². The minimum atomic E-state index is -1.01. The van der Waals surface area contributed by atoms with Crippen LogP contribution in [0.25, 0.3) is 16.8 Å². The van der Waals surface area contributed by atoms with Crippen molar-refractivity contribution < 1.29 is 19.1 Å². The van der Waals surface area contributed by atoms with Crippen molar-refractivity contribution in [2.75, 3.05) is 11.9 Å². The van der Waals surface area contributed by atoms with E-state index in [2.05, 4.69) is 36.2 Å². The highest BCUT2D eigenvalue weighted by Crippen LogP contribution is 2.38. The fourth-order valence-corrected chi connectivity index (χ4v) is 4.64. The van der Waals surface area contributed by atoms with Crippen molar-refractivity contribution in [3.8, 4) is 0 Å². The van der Waals surface area contributed by atoms with Crippen LogP contribution >= 0.6 is 0 Å². The number of benzene rings is 3. The Morgan fingerprint density at radius 1 is 1.03 bits per heavy atom. The highest BCUT2D eigenvalue weighted by Gasteiger charge is 2.32. The van der Waals surface area contributed by atoms with Gasteiger partial charge in [0.2, 0.25) is 0 Å². The van der Waals surface area contributed by atoms with Crippen LogP contribution in [0, 0.1) is 17.8 Å². The van der Waals surface area contributed by atoms with Gasteiger partial charge in [0.15, 0.2) is 6.10 Å². The summed E-state index contributed by atoms with van der Waals surface area (Å²) >= 11 is 0. The summed E-state index contributed by atoms with van der Waals surface area (Å²) in [5, 5.41) is 4.63. The minimum absolute atomic E-state index is 0.193. The molecule has 5 heteroatoms. The number of rotatable bonds is 8. The number of allylic oxidation sites excluding steroid dienone is 2. The molecule has 0 aliphatic heterocycles. The third kappa shape index (κ3) is 6.38. The summed E-state index contributed by atoms with van der Waals surface area (Å²) in [6.07, 6.45) is 6.52. The van der Waals surface area contributed by atoms with Crippen molar-refractivity contribution in [3.05, 3.63) is 97.1 Å². The average molecular weight is 470 g/mol. The predicted octanol–water partition coefficient (Wildman–Crippen LogP) is 6.86. The lowest BCUT2D eigenvalue weighted by Crippen LogP contribution is -2.30. The summed E-state index contributed by atoms with van der Waals surface area (Å²) in [6, 6.07) is 23.5. The van der Waals surface area contributed by atoms with E-state index < -0.39 is 18.2 Å². The summed E-state index contributed by atoms with van der Waals surface area (Å²) < 4.78 is 10.8. The highest BCUT2D eigenvalue weighted by molar-refractivity contribution is 6.00. The van der Waals surface area contributed by atoms with Gasteiger partial charge in [0.25, 0.3) is 0 Å². The number of carbonyl (C=O) groups is 2. The molecule has 1 aliphatic rings. The van der Waals surface area contributed by atoms with Crippen LogP contribution in [0.2, 0.25) is 0 Å². The predicted molar refractivity (Wildman–Crippen MR) is 140 cm³/mol. The molecule has 0 spiro atoms. The average Bonchev–Trinajstić information content (AvgIpc) is 3.29. The summed E-state index contributed by atoms with van der Waals surface area (Å²) in [7, 11) is 0. The fraction of sp³-hybridized carbons (Fsp3) is 0.267. The van der Waals surface area contributed by atoms with E-state index >= 15 is 0 Å². The van der Waals surface area contributed by atoms with E-state index in [1.807, 2.05) is 60.7 Å². The largest absolute Gasteiger partial charge is 0.463 e. The first-order valence-corrected chi connectivity index (χ1v) is 12.0. The van der Waals surface area contributed by atoms with Crippen LogP contribution in [0.1, 0.15) is 25.3 Å². The van der Waals surface area contributed by atoms with E-state index in [0.717, 1.165) is 23.6 Å². The lowest BCUT2D eigenvalue weighted by atomic mass is 9.97. The lowest BCUT2D eigenvalue weighted by molar-refractivity contribution is -0.154. The normalized spacial score (nSPS) is 20.4. The van der Waals surface area contributed by atoms with Gasteiger partial charge in [-0.25, -0.2) is 9.59 Å². The molecule has 0 aromatic heterocycles. The fourth-order valence-electron chi connectivity index (χ4n) is 4.64. The molecule has 3 aromatic carbocycles. The van der Waals surface area contributed by atoms with Gasteiger partial charge in [-0.05, 0) is 54.5 Å². The van der Waals surface area contributed by atoms with Crippen molar-refractivity contribution in [3.63, 3.8) is 0 Å². The molecule has 1 saturated carbocycles. The van der Waals surface area contributed by atoms with Gasteiger partial charge in [0.1, 0.15) is 0 Å². The zero-order valence-corrected chi connectivity index (χ0v) is 19.9. The molecule has 4 rings (SSSR count). The van der Waals surface area contributed by atoms with Gasteiger partial charge in [-0.15, -0.1) is 6.58 Å². The molecule has 0 radical (unpaired) electrons. The number of fused-ring (bicyclic) bond motifs is 1. The molecule has 180 valence electrons. The van der Waals surface area contributed by atoms with Gasteiger partial charge in [0, 0.05) is 5.39 Å². The zero-order valence-electron chi connectivity index (χ0n) is 19.9. The number of hydrogen-bond donors (Lipinski definition) is 1. The molecule has 35 heavy (non-hydrogen) atoms. The second-order valence-corrected chi connectivity index (χ2v) is 8.99. The number of amides is 1. The first kappa shape index (κ1) is 24.3. The number of nitrogens with one attached hydrogen (secondary N) is 1. The number of hydrogen-bond acceptors (Lipinski definition) is 4. The Labute approximate surface area is 206 Å². The van der Waals surface area contributed by atoms with E-state index in [1.165, 1.54) is 12.5 Å². The van der Waals surface area contributed by atoms with Crippen LogP contribution in [-0.2, 0) is 14.3 Å². The number of esters is 1. The maximum absolute atomic E-state index is 12.5. The first-order chi connectivity index (χ1) is 17.0. The van der Waals surface area contributed by atoms with Gasteiger partial charge in [0.05, 0.1) is 12.3 Å². The van der Waals surface area contributed by atoms with E-state index in [9.17, 15) is 9.59 Å². The Bertz CT molecular complexity index is 1200. The Balaban J connectivity index is 1.26. The van der Waals surface area contributed by atoms with E-state index in [4.69, 9.17) is 9.47 Å². The van der Waals surface area contributed by atoms with Crippen molar-refractivity contribution >= 4 is 34.6 Å². The summed E-state index contributed by atoms with van der Waals surface area (Å²) in [4.78, 5) is 24.9. The molecule has 0 saturated heterocycles. The van der Waals surface area contributed by atoms with Gasteiger partial charge < -0.3 is 9.47 Å². The second kappa shape index (κ2) is 11.5. The molecule has 3 aromatic rings. The Hall–Kier alpha value is -3.86. The molecule has 0 bridgehead atoms. The van der Waals surface area contributed by atoms with Crippen molar-refractivity contribution in [1.82, 2.24) is 0 Å². The minimum Gasteiger partial charge on any atom is -0.463 e. The van der Waals surface area contributed by atoms with E-state index in [-0.39, 0.29) is 18.4 Å². The van der Waals surface area contributed by atoms with Crippen molar-refractivity contribution in [2.24, 2.45) is 17.8 Å². The third-order valence-corrected chi connectivity index (χ3v) is 6.53. The molecular formula is C30H31NO4. The van der Waals surface area contributed by atoms with Gasteiger partial charge in [-0.3, -0.25) is 5.32 Å². The molecule has 0 heterocycles. The smallest absolute Gasteiger partial charge is 0.412 e. The van der Waals surface area contributed by atoms with Crippen LogP contribution < -0.4 is 5.32 Å². The molecule has 1 N–H and O–H groups in total. The highest BCUT2D eigenvalue weighted by atomic mass is 16.6. The molecule has 5 nitrogen and oxygen atoms in total. The summed E-state index contributed by atoms with van der Waals surface area (Å²) in [5.41, 5.74) is 1.80. The lowest BCUT2D eigenvalue weighted by Gasteiger charge is -2.18. The Morgan fingerprint density at radius 2 is 1.77 bits per heavy atom. The third-order valence-electron chi connectivity index (χ3n) is 6.53. The van der Waals surface area contributed by atoms with Gasteiger partial charge >= 0.3 is 12.1 Å². The standard InChI is InChI=1S/C30H31NO4/c1-3-24-18-23(17-16-22-10-5-4-6-11-22)19-26(24)20-34-29(32)21(2)35-30(33)31-28-15-9-13-25-12-7-8-14-27(25)28/h3-17,21,23-24,26H,1,18-20H2,2H3,(H,31,33)/b17-16+. The quantitative estimate of drug-likeness (QED) is 0.289. The van der Waals surface area contributed by atoms with Crippen LogP contribution in [0.4, 0.5) is 10.5 Å². The maximum atomic E-state index is 12.5. The zero-order chi connectivity index (χ0) is 24.6. The van der Waals surface area contributed by atoms with Gasteiger partial charge in [-0.1, -0.05) is 85.0 Å². The number of anilines is 1.